The van der Waals surface area contributed by atoms with E-state index in [1.165, 1.54) is 11.3 Å². The molecule has 0 spiro atoms. The summed E-state index contributed by atoms with van der Waals surface area (Å²) in [5.41, 5.74) is 0.316. The summed E-state index contributed by atoms with van der Waals surface area (Å²) in [5.74, 6) is 0. The predicted octanol–water partition coefficient (Wildman–Crippen LogP) is -1.34. The molecular formula is C7H11BN2O3S. The van der Waals surface area contributed by atoms with Gasteiger partial charge in [-0.25, -0.2) is 4.98 Å². The second-order valence-electron chi connectivity index (χ2n) is 3.03. The molecule has 1 aromatic rings. The van der Waals surface area contributed by atoms with Gasteiger partial charge in [0.1, 0.15) is 0 Å². The molecule has 14 heavy (non-hydrogen) atoms. The third-order valence-electron chi connectivity index (χ3n) is 2.06. The number of hydrogen-bond donors (Lipinski definition) is 2. The molecule has 0 aromatic carbocycles. The molecule has 5 nitrogen and oxygen atoms in total. The average molecular weight is 214 g/mol. The second kappa shape index (κ2) is 4.27. The van der Waals surface area contributed by atoms with Crippen LogP contribution in [0, 0.1) is 0 Å². The summed E-state index contributed by atoms with van der Waals surface area (Å²) < 4.78 is 5.21. The zero-order valence-corrected chi connectivity index (χ0v) is 8.40. The van der Waals surface area contributed by atoms with Crippen molar-refractivity contribution in [3.8, 4) is 0 Å². The highest BCUT2D eigenvalue weighted by Crippen LogP contribution is 2.17. The maximum atomic E-state index is 8.89. The largest absolute Gasteiger partial charge is 0.509 e. The summed E-state index contributed by atoms with van der Waals surface area (Å²) in [7, 11) is -1.47. The molecule has 0 aliphatic carbocycles. The van der Waals surface area contributed by atoms with Gasteiger partial charge in [-0.3, -0.25) is 0 Å². The number of rotatable bonds is 2. The van der Waals surface area contributed by atoms with E-state index in [4.69, 9.17) is 14.8 Å². The summed E-state index contributed by atoms with van der Waals surface area (Å²) in [6.45, 7) is 3.04. The molecule has 0 bridgehead atoms. The van der Waals surface area contributed by atoms with Gasteiger partial charge in [0.15, 0.2) is 5.13 Å². The van der Waals surface area contributed by atoms with Gasteiger partial charge in [0.2, 0.25) is 0 Å². The van der Waals surface area contributed by atoms with Crippen molar-refractivity contribution in [1.29, 1.82) is 0 Å². The highest BCUT2D eigenvalue weighted by molar-refractivity contribution is 7.14. The smallest absolute Gasteiger partial charge is 0.422 e. The van der Waals surface area contributed by atoms with Crippen LogP contribution in [0.15, 0.2) is 5.38 Å². The van der Waals surface area contributed by atoms with Crippen LogP contribution in [0.3, 0.4) is 0 Å². The SMILES string of the molecule is OB(O)c1csc(N2CCOCC2)n1. The van der Waals surface area contributed by atoms with Crippen molar-refractivity contribution in [2.75, 3.05) is 31.2 Å². The maximum Gasteiger partial charge on any atom is 0.509 e. The fourth-order valence-electron chi connectivity index (χ4n) is 1.29. The van der Waals surface area contributed by atoms with E-state index < -0.39 is 7.12 Å². The van der Waals surface area contributed by atoms with Crippen LogP contribution in [0.4, 0.5) is 5.13 Å². The molecule has 1 fully saturated rings. The first-order valence-electron chi connectivity index (χ1n) is 4.41. The quantitative estimate of drug-likeness (QED) is 0.596. The molecule has 2 N–H and O–H groups in total. The first kappa shape index (κ1) is 9.91. The van der Waals surface area contributed by atoms with Crippen LogP contribution in [0.2, 0.25) is 0 Å². The third kappa shape index (κ3) is 2.06. The van der Waals surface area contributed by atoms with Crippen LogP contribution in [0.25, 0.3) is 0 Å². The molecular weight excluding hydrogens is 203 g/mol. The van der Waals surface area contributed by atoms with Crippen molar-refractivity contribution in [3.63, 3.8) is 0 Å². The summed E-state index contributed by atoms with van der Waals surface area (Å²) >= 11 is 1.42. The minimum Gasteiger partial charge on any atom is -0.422 e. The number of nitrogens with zero attached hydrogens (tertiary/aromatic N) is 2. The zero-order valence-electron chi connectivity index (χ0n) is 7.59. The minimum absolute atomic E-state index is 0.316. The number of anilines is 1. The molecule has 0 atom stereocenters. The predicted molar refractivity (Wildman–Crippen MR) is 55.0 cm³/mol. The van der Waals surface area contributed by atoms with Gasteiger partial charge < -0.3 is 19.7 Å². The van der Waals surface area contributed by atoms with E-state index in [9.17, 15) is 0 Å². The first-order chi connectivity index (χ1) is 6.77. The highest BCUT2D eigenvalue weighted by atomic mass is 32.1. The third-order valence-corrected chi connectivity index (χ3v) is 2.98. The van der Waals surface area contributed by atoms with Crippen LogP contribution in [0.5, 0.6) is 0 Å². The topological polar surface area (TPSA) is 65.8 Å². The number of hydrogen-bond acceptors (Lipinski definition) is 6. The zero-order chi connectivity index (χ0) is 9.97. The normalized spacial score (nSPS) is 17.1. The van der Waals surface area contributed by atoms with Gasteiger partial charge >= 0.3 is 7.12 Å². The highest BCUT2D eigenvalue weighted by Gasteiger charge is 2.19. The van der Waals surface area contributed by atoms with Gasteiger partial charge in [-0.2, -0.15) is 0 Å². The molecule has 2 heterocycles. The van der Waals surface area contributed by atoms with E-state index in [0.717, 1.165) is 18.2 Å². The Morgan fingerprint density at radius 2 is 2.14 bits per heavy atom. The van der Waals surface area contributed by atoms with E-state index in [1.54, 1.807) is 5.38 Å². The standard InChI is InChI=1S/C7H11BN2O3S/c11-8(12)6-5-14-7(9-6)10-1-3-13-4-2-10/h5,11-12H,1-4H2. The Hall–Kier alpha value is -0.625. The Bertz CT molecular complexity index is 301. The van der Waals surface area contributed by atoms with E-state index in [-0.39, 0.29) is 0 Å². The van der Waals surface area contributed by atoms with Crippen LogP contribution in [0.1, 0.15) is 0 Å². The van der Waals surface area contributed by atoms with Gasteiger partial charge in [-0.1, -0.05) is 0 Å². The number of ether oxygens (including phenoxy) is 1. The molecule has 0 radical (unpaired) electrons. The molecule has 1 saturated heterocycles. The van der Waals surface area contributed by atoms with Crippen LogP contribution >= 0.6 is 11.3 Å². The molecule has 2 rings (SSSR count). The van der Waals surface area contributed by atoms with E-state index in [2.05, 4.69) is 9.88 Å². The van der Waals surface area contributed by atoms with Crippen LogP contribution in [-0.4, -0.2) is 48.5 Å². The number of thiazole rings is 1. The maximum absolute atomic E-state index is 8.89. The molecule has 0 saturated carbocycles. The van der Waals surface area contributed by atoms with Gasteiger partial charge in [-0.15, -0.1) is 11.3 Å². The second-order valence-corrected chi connectivity index (χ2v) is 3.86. The van der Waals surface area contributed by atoms with Gasteiger partial charge in [0, 0.05) is 18.5 Å². The van der Waals surface area contributed by atoms with Gasteiger partial charge in [0.05, 0.1) is 18.8 Å². The number of morpholine rings is 1. The van der Waals surface area contributed by atoms with Crippen molar-refractivity contribution < 1.29 is 14.8 Å². The molecule has 76 valence electrons. The molecule has 0 amide bonds. The Kier molecular flexibility index (Phi) is 3.02. The van der Waals surface area contributed by atoms with Crippen molar-refractivity contribution in [2.24, 2.45) is 0 Å². The van der Waals surface area contributed by atoms with Crippen LogP contribution < -0.4 is 10.5 Å². The fourth-order valence-corrected chi connectivity index (χ4v) is 2.19. The monoisotopic (exact) mass is 214 g/mol. The van der Waals surface area contributed by atoms with Gasteiger partial charge in [0.25, 0.3) is 0 Å². The van der Waals surface area contributed by atoms with Crippen molar-refractivity contribution in [3.05, 3.63) is 5.38 Å². The molecule has 7 heteroatoms. The lowest BCUT2D eigenvalue weighted by Gasteiger charge is -2.26. The summed E-state index contributed by atoms with van der Waals surface area (Å²) in [5, 5.41) is 20.3. The molecule has 0 unspecified atom stereocenters. The molecule has 1 aliphatic heterocycles. The number of aromatic nitrogens is 1. The summed E-state index contributed by atoms with van der Waals surface area (Å²) in [6.07, 6.45) is 0. The van der Waals surface area contributed by atoms with Crippen molar-refractivity contribution in [2.45, 2.75) is 0 Å². The van der Waals surface area contributed by atoms with Gasteiger partial charge in [-0.05, 0) is 0 Å². The first-order valence-corrected chi connectivity index (χ1v) is 5.29. The lowest BCUT2D eigenvalue weighted by Crippen LogP contribution is -2.37. The summed E-state index contributed by atoms with van der Waals surface area (Å²) in [6, 6.07) is 0. The van der Waals surface area contributed by atoms with E-state index in [1.807, 2.05) is 0 Å². The Balaban J connectivity index is 2.07. The van der Waals surface area contributed by atoms with Crippen LogP contribution in [-0.2, 0) is 4.74 Å². The Morgan fingerprint density at radius 1 is 1.43 bits per heavy atom. The van der Waals surface area contributed by atoms with Crippen molar-refractivity contribution >= 4 is 29.2 Å². The Morgan fingerprint density at radius 3 is 2.71 bits per heavy atom. The molecule has 1 aromatic heterocycles. The lowest BCUT2D eigenvalue weighted by molar-refractivity contribution is 0.122. The summed E-state index contributed by atoms with van der Waals surface area (Å²) in [4.78, 5) is 6.21. The fraction of sp³-hybridized carbons (Fsp3) is 0.571. The van der Waals surface area contributed by atoms with E-state index in [0.29, 0.717) is 18.8 Å². The lowest BCUT2D eigenvalue weighted by atomic mass is 9.88. The minimum atomic E-state index is -1.47. The molecule has 1 aliphatic rings. The average Bonchev–Trinajstić information content (AvgIpc) is 2.68. The van der Waals surface area contributed by atoms with E-state index >= 15 is 0 Å². The Labute approximate surface area is 86.1 Å². The van der Waals surface area contributed by atoms with Crippen molar-refractivity contribution in [1.82, 2.24) is 4.98 Å².